The van der Waals surface area contributed by atoms with Gasteiger partial charge in [-0.1, -0.05) is 43.3 Å². The van der Waals surface area contributed by atoms with E-state index in [0.717, 1.165) is 5.56 Å². The molecule has 2 N–H and O–H groups in total. The van der Waals surface area contributed by atoms with Gasteiger partial charge in [0.25, 0.3) is 0 Å². The standard InChI is InChI=1S/C22H25N5O3/c1-15(2)16-5-7-17(8-6-16)22-26-21(30-27-22)10-9-19(28)24-13-11-20(29)25-18-4-3-12-23-14-18/h3-8,12,14-15H,9-11,13H2,1-2H3,(H,24,28)(H,25,29). The Balaban J connectivity index is 1.39. The zero-order valence-electron chi connectivity index (χ0n) is 17.1. The lowest BCUT2D eigenvalue weighted by molar-refractivity contribution is -0.121. The molecule has 0 saturated carbocycles. The van der Waals surface area contributed by atoms with Crippen LogP contribution in [0, 0.1) is 0 Å². The summed E-state index contributed by atoms with van der Waals surface area (Å²) in [6.45, 7) is 4.53. The van der Waals surface area contributed by atoms with Gasteiger partial charge in [0.15, 0.2) is 0 Å². The average molecular weight is 407 g/mol. The van der Waals surface area contributed by atoms with Gasteiger partial charge in [-0.25, -0.2) is 0 Å². The van der Waals surface area contributed by atoms with Crippen molar-refractivity contribution < 1.29 is 14.1 Å². The predicted molar refractivity (Wildman–Crippen MR) is 113 cm³/mol. The lowest BCUT2D eigenvalue weighted by Crippen LogP contribution is -2.27. The van der Waals surface area contributed by atoms with E-state index in [1.807, 2.05) is 24.3 Å². The molecule has 2 aromatic heterocycles. The average Bonchev–Trinajstić information content (AvgIpc) is 3.22. The molecule has 8 heteroatoms. The van der Waals surface area contributed by atoms with Crippen LogP contribution < -0.4 is 10.6 Å². The SMILES string of the molecule is CC(C)c1ccc(-c2noc(CCC(=O)NCCC(=O)Nc3cccnc3)n2)cc1. The van der Waals surface area contributed by atoms with Crippen molar-refractivity contribution >= 4 is 17.5 Å². The molecule has 0 fully saturated rings. The molecule has 8 nitrogen and oxygen atoms in total. The Morgan fingerprint density at radius 3 is 2.57 bits per heavy atom. The van der Waals surface area contributed by atoms with Crippen LogP contribution in [0.2, 0.25) is 0 Å². The molecule has 0 aliphatic carbocycles. The van der Waals surface area contributed by atoms with Gasteiger partial charge >= 0.3 is 0 Å². The number of nitrogens with zero attached hydrogens (tertiary/aromatic N) is 3. The molecular formula is C22H25N5O3. The van der Waals surface area contributed by atoms with E-state index < -0.39 is 0 Å². The maximum Gasteiger partial charge on any atom is 0.227 e. The van der Waals surface area contributed by atoms with Gasteiger partial charge in [-0.05, 0) is 23.6 Å². The van der Waals surface area contributed by atoms with Gasteiger partial charge in [-0.2, -0.15) is 4.98 Å². The van der Waals surface area contributed by atoms with Crippen molar-refractivity contribution in [2.24, 2.45) is 0 Å². The highest BCUT2D eigenvalue weighted by Gasteiger charge is 2.11. The number of aromatic nitrogens is 3. The summed E-state index contributed by atoms with van der Waals surface area (Å²) in [6, 6.07) is 11.5. The number of anilines is 1. The first-order chi connectivity index (χ1) is 14.5. The first kappa shape index (κ1) is 21.2. The quantitative estimate of drug-likeness (QED) is 0.563. The molecule has 0 aliphatic rings. The van der Waals surface area contributed by atoms with Crippen molar-refractivity contribution in [3.05, 3.63) is 60.2 Å². The van der Waals surface area contributed by atoms with Crippen LogP contribution in [0.25, 0.3) is 11.4 Å². The molecule has 0 bridgehead atoms. The molecule has 0 atom stereocenters. The first-order valence-corrected chi connectivity index (χ1v) is 9.91. The largest absolute Gasteiger partial charge is 0.356 e. The van der Waals surface area contributed by atoms with Gasteiger partial charge in [0.05, 0.1) is 11.9 Å². The van der Waals surface area contributed by atoms with Gasteiger partial charge in [0, 0.05) is 37.6 Å². The maximum atomic E-state index is 12.0. The predicted octanol–water partition coefficient (Wildman–Crippen LogP) is 3.33. The number of hydrogen-bond acceptors (Lipinski definition) is 6. The summed E-state index contributed by atoms with van der Waals surface area (Å²) >= 11 is 0. The fourth-order valence-electron chi connectivity index (χ4n) is 2.78. The Kier molecular flexibility index (Phi) is 7.26. The minimum Gasteiger partial charge on any atom is -0.356 e. The third kappa shape index (κ3) is 6.23. The van der Waals surface area contributed by atoms with Crippen LogP contribution in [0.1, 0.15) is 44.1 Å². The Labute approximate surface area is 175 Å². The normalized spacial score (nSPS) is 10.8. The highest BCUT2D eigenvalue weighted by atomic mass is 16.5. The van der Waals surface area contributed by atoms with Crippen LogP contribution in [0.15, 0.2) is 53.3 Å². The number of carbonyl (C=O) groups is 2. The van der Waals surface area contributed by atoms with Gasteiger partial charge in [-0.3, -0.25) is 14.6 Å². The molecule has 0 radical (unpaired) electrons. The van der Waals surface area contributed by atoms with Gasteiger partial charge < -0.3 is 15.2 Å². The maximum absolute atomic E-state index is 12.0. The Morgan fingerprint density at radius 1 is 1.07 bits per heavy atom. The summed E-state index contributed by atoms with van der Waals surface area (Å²) in [5.74, 6) is 1.01. The molecule has 3 rings (SSSR count). The van der Waals surface area contributed by atoms with Crippen molar-refractivity contribution in [3.8, 4) is 11.4 Å². The second-order valence-corrected chi connectivity index (χ2v) is 7.18. The second-order valence-electron chi connectivity index (χ2n) is 7.18. The van der Waals surface area contributed by atoms with E-state index >= 15 is 0 Å². The van der Waals surface area contributed by atoms with Crippen molar-refractivity contribution in [3.63, 3.8) is 0 Å². The zero-order valence-corrected chi connectivity index (χ0v) is 17.1. The summed E-state index contributed by atoms with van der Waals surface area (Å²) in [6.07, 6.45) is 3.92. The number of nitrogens with one attached hydrogen (secondary N) is 2. The summed E-state index contributed by atoms with van der Waals surface area (Å²) in [5.41, 5.74) is 2.74. The van der Waals surface area contributed by atoms with Gasteiger partial charge in [0.2, 0.25) is 23.5 Å². The van der Waals surface area contributed by atoms with Crippen LogP contribution in [0.4, 0.5) is 5.69 Å². The molecule has 1 aromatic carbocycles. The number of amides is 2. The minimum absolute atomic E-state index is 0.176. The van der Waals surface area contributed by atoms with Gasteiger partial charge in [-0.15, -0.1) is 0 Å². The van der Waals surface area contributed by atoms with Crippen LogP contribution in [0.5, 0.6) is 0 Å². The van der Waals surface area contributed by atoms with Crippen molar-refractivity contribution in [2.75, 3.05) is 11.9 Å². The smallest absolute Gasteiger partial charge is 0.227 e. The van der Waals surface area contributed by atoms with Crippen molar-refractivity contribution in [1.82, 2.24) is 20.4 Å². The molecule has 2 heterocycles. The Morgan fingerprint density at radius 2 is 1.87 bits per heavy atom. The van der Waals surface area contributed by atoms with Crippen molar-refractivity contribution in [2.45, 2.75) is 39.0 Å². The molecule has 156 valence electrons. The Bertz CT molecular complexity index is 968. The first-order valence-electron chi connectivity index (χ1n) is 9.91. The van der Waals surface area contributed by atoms with Crippen LogP contribution >= 0.6 is 0 Å². The van der Waals surface area contributed by atoms with Gasteiger partial charge in [0.1, 0.15) is 0 Å². The molecule has 3 aromatic rings. The van der Waals surface area contributed by atoms with Crippen LogP contribution in [-0.2, 0) is 16.0 Å². The van der Waals surface area contributed by atoms with E-state index in [4.69, 9.17) is 4.52 Å². The highest BCUT2D eigenvalue weighted by Crippen LogP contribution is 2.20. The molecule has 2 amide bonds. The van der Waals surface area contributed by atoms with Crippen LogP contribution in [-0.4, -0.2) is 33.5 Å². The fourth-order valence-corrected chi connectivity index (χ4v) is 2.78. The molecule has 0 unspecified atom stereocenters. The lowest BCUT2D eigenvalue weighted by atomic mass is 10.0. The monoisotopic (exact) mass is 407 g/mol. The van der Waals surface area contributed by atoms with E-state index in [1.165, 1.54) is 5.56 Å². The van der Waals surface area contributed by atoms with Crippen LogP contribution in [0.3, 0.4) is 0 Å². The minimum atomic E-state index is -0.187. The molecule has 0 saturated heterocycles. The van der Waals surface area contributed by atoms with E-state index in [2.05, 4.69) is 39.6 Å². The summed E-state index contributed by atoms with van der Waals surface area (Å²) in [5, 5.41) is 9.42. The summed E-state index contributed by atoms with van der Waals surface area (Å²) in [4.78, 5) is 32.1. The number of aryl methyl sites for hydroxylation is 1. The van der Waals surface area contributed by atoms with E-state index in [0.29, 0.717) is 29.7 Å². The summed E-state index contributed by atoms with van der Waals surface area (Å²) < 4.78 is 5.25. The fraction of sp³-hybridized carbons (Fsp3) is 0.318. The number of rotatable bonds is 9. The zero-order chi connectivity index (χ0) is 21.3. The number of pyridine rings is 1. The van der Waals surface area contributed by atoms with E-state index in [-0.39, 0.29) is 31.2 Å². The van der Waals surface area contributed by atoms with E-state index in [1.54, 1.807) is 24.5 Å². The van der Waals surface area contributed by atoms with E-state index in [9.17, 15) is 9.59 Å². The number of hydrogen-bond donors (Lipinski definition) is 2. The third-order valence-electron chi connectivity index (χ3n) is 4.49. The van der Waals surface area contributed by atoms with Crippen molar-refractivity contribution in [1.29, 1.82) is 0 Å². The lowest BCUT2D eigenvalue weighted by Gasteiger charge is -2.06. The third-order valence-corrected chi connectivity index (χ3v) is 4.49. The highest BCUT2D eigenvalue weighted by molar-refractivity contribution is 5.90. The Hall–Kier alpha value is -3.55. The molecule has 30 heavy (non-hydrogen) atoms. The topological polar surface area (TPSA) is 110 Å². The number of carbonyl (C=O) groups excluding carboxylic acids is 2. The molecule has 0 spiro atoms. The number of benzene rings is 1. The molecule has 0 aliphatic heterocycles. The molecular weight excluding hydrogens is 382 g/mol. The second kappa shape index (κ2) is 10.3. The summed E-state index contributed by atoms with van der Waals surface area (Å²) in [7, 11) is 0.